The summed E-state index contributed by atoms with van der Waals surface area (Å²) in [6.45, 7) is 2.13. The quantitative estimate of drug-likeness (QED) is 0.722. The van der Waals surface area contributed by atoms with Crippen LogP contribution in [0.3, 0.4) is 0 Å². The van der Waals surface area contributed by atoms with Crippen LogP contribution < -0.4 is 5.76 Å². The first-order valence-corrected chi connectivity index (χ1v) is 6.89. The highest BCUT2D eigenvalue weighted by atomic mass is 19.1. The Balaban J connectivity index is 1.84. The van der Waals surface area contributed by atoms with Crippen LogP contribution in [0.15, 0.2) is 44.2 Å². The molecular weight excluding hydrogens is 289 g/mol. The van der Waals surface area contributed by atoms with Crippen molar-refractivity contribution in [2.24, 2.45) is 0 Å². The van der Waals surface area contributed by atoms with E-state index in [1.165, 1.54) is 16.7 Å². The van der Waals surface area contributed by atoms with Crippen molar-refractivity contribution in [1.29, 1.82) is 0 Å². The molecule has 0 amide bonds. The third-order valence-corrected chi connectivity index (χ3v) is 3.25. The number of benzene rings is 1. The van der Waals surface area contributed by atoms with Gasteiger partial charge in [0.15, 0.2) is 11.7 Å². The molecule has 0 aliphatic rings. The molecule has 22 heavy (non-hydrogen) atoms. The monoisotopic (exact) mass is 303 g/mol. The summed E-state index contributed by atoms with van der Waals surface area (Å²) in [6, 6.07) is 6.01. The minimum atomic E-state index is -0.563. The molecule has 2 heterocycles. The van der Waals surface area contributed by atoms with Gasteiger partial charge in [-0.15, -0.1) is 0 Å². The third kappa shape index (κ3) is 2.98. The van der Waals surface area contributed by atoms with Crippen molar-refractivity contribution in [2.45, 2.75) is 26.3 Å². The van der Waals surface area contributed by atoms with Gasteiger partial charge in [-0.3, -0.25) is 9.09 Å². The van der Waals surface area contributed by atoms with Crippen LogP contribution in [0.1, 0.15) is 30.0 Å². The molecule has 7 heteroatoms. The van der Waals surface area contributed by atoms with E-state index in [9.17, 15) is 9.18 Å². The van der Waals surface area contributed by atoms with Crippen LogP contribution in [0.25, 0.3) is 0 Å². The molecule has 0 atom stereocenters. The lowest BCUT2D eigenvalue weighted by molar-refractivity contribution is 0.371. The number of aromatic nitrogens is 3. The van der Waals surface area contributed by atoms with Gasteiger partial charge in [-0.1, -0.05) is 24.2 Å². The van der Waals surface area contributed by atoms with E-state index in [1.807, 2.05) is 6.92 Å². The van der Waals surface area contributed by atoms with Crippen molar-refractivity contribution in [2.75, 3.05) is 0 Å². The Kier molecular flexibility index (Phi) is 3.86. The second-order valence-corrected chi connectivity index (χ2v) is 4.83. The number of oxazole rings is 1. The Bertz CT molecular complexity index is 817. The second-order valence-electron chi connectivity index (χ2n) is 4.83. The van der Waals surface area contributed by atoms with Crippen molar-refractivity contribution < 1.29 is 13.3 Å². The lowest BCUT2D eigenvalue weighted by Crippen LogP contribution is -2.18. The maximum atomic E-state index is 12.9. The zero-order valence-corrected chi connectivity index (χ0v) is 12.0. The highest BCUT2D eigenvalue weighted by Crippen LogP contribution is 2.11. The van der Waals surface area contributed by atoms with E-state index < -0.39 is 5.76 Å². The summed E-state index contributed by atoms with van der Waals surface area (Å²) in [5.74, 6) is 0.745. The fourth-order valence-electron chi connectivity index (χ4n) is 2.10. The molecule has 3 rings (SSSR count). The fourth-order valence-corrected chi connectivity index (χ4v) is 2.10. The molecule has 0 aliphatic carbocycles. The summed E-state index contributed by atoms with van der Waals surface area (Å²) >= 11 is 0. The minimum absolute atomic E-state index is 0.200. The van der Waals surface area contributed by atoms with E-state index >= 15 is 0 Å². The maximum Gasteiger partial charge on any atom is 0.442 e. The lowest BCUT2D eigenvalue weighted by atomic mass is 10.1. The van der Waals surface area contributed by atoms with Crippen LogP contribution in [0.5, 0.6) is 0 Å². The van der Waals surface area contributed by atoms with E-state index in [0.29, 0.717) is 30.3 Å². The molecule has 0 bridgehead atoms. The Hall–Kier alpha value is -2.70. The summed E-state index contributed by atoms with van der Waals surface area (Å²) in [6.07, 6.45) is 2.63. The molecule has 114 valence electrons. The molecule has 1 aromatic carbocycles. The van der Waals surface area contributed by atoms with Gasteiger partial charge in [-0.2, -0.15) is 0 Å². The topological polar surface area (TPSA) is 74.1 Å². The van der Waals surface area contributed by atoms with E-state index in [2.05, 4.69) is 10.1 Å². The van der Waals surface area contributed by atoms with E-state index in [0.717, 1.165) is 5.56 Å². The molecule has 6 nitrogen and oxygen atoms in total. The first-order chi connectivity index (χ1) is 10.7. The second kappa shape index (κ2) is 5.97. The van der Waals surface area contributed by atoms with Gasteiger partial charge in [0.1, 0.15) is 11.6 Å². The number of hydrogen-bond acceptors (Lipinski definition) is 5. The minimum Gasteiger partial charge on any atom is -0.444 e. The standard InChI is InChI=1S/C15H14FN3O3/c1-2-14-17-8-12(21-14)9-19-13(18-22-15(19)20)7-10-3-5-11(16)6-4-10/h3-6,8H,2,7,9H2,1H3. The molecule has 3 aromatic rings. The van der Waals surface area contributed by atoms with E-state index in [-0.39, 0.29) is 12.4 Å². The molecule has 0 unspecified atom stereocenters. The Morgan fingerprint density at radius 3 is 2.73 bits per heavy atom. The first kappa shape index (κ1) is 14.2. The summed E-state index contributed by atoms with van der Waals surface area (Å²) in [4.78, 5) is 15.9. The van der Waals surface area contributed by atoms with Crippen LogP contribution in [0.2, 0.25) is 0 Å². The number of aryl methyl sites for hydroxylation is 1. The predicted molar refractivity (Wildman–Crippen MR) is 75.0 cm³/mol. The highest BCUT2D eigenvalue weighted by Gasteiger charge is 2.14. The number of rotatable bonds is 5. The smallest absolute Gasteiger partial charge is 0.442 e. The number of hydrogen-bond donors (Lipinski definition) is 0. The molecule has 0 N–H and O–H groups in total. The van der Waals surface area contributed by atoms with Crippen molar-refractivity contribution in [3.8, 4) is 0 Å². The zero-order chi connectivity index (χ0) is 15.5. The van der Waals surface area contributed by atoms with Crippen LogP contribution in [-0.4, -0.2) is 14.7 Å². The van der Waals surface area contributed by atoms with Gasteiger partial charge >= 0.3 is 5.76 Å². The van der Waals surface area contributed by atoms with E-state index in [4.69, 9.17) is 8.94 Å². The molecule has 0 saturated carbocycles. The van der Waals surface area contributed by atoms with Gasteiger partial charge in [0, 0.05) is 12.8 Å². The van der Waals surface area contributed by atoms with Crippen molar-refractivity contribution in [3.63, 3.8) is 0 Å². The van der Waals surface area contributed by atoms with Crippen molar-refractivity contribution in [1.82, 2.24) is 14.7 Å². The summed E-state index contributed by atoms with van der Waals surface area (Å²) in [5.41, 5.74) is 0.829. The zero-order valence-electron chi connectivity index (χ0n) is 12.0. The number of nitrogens with zero attached hydrogens (tertiary/aromatic N) is 3. The van der Waals surface area contributed by atoms with Crippen LogP contribution in [0, 0.1) is 5.82 Å². The molecule has 0 radical (unpaired) electrons. The van der Waals surface area contributed by atoms with Crippen LogP contribution in [-0.2, 0) is 19.4 Å². The Labute approximate surface area is 125 Å². The molecular formula is C15H14FN3O3. The van der Waals surface area contributed by atoms with Gasteiger partial charge in [0.2, 0.25) is 0 Å². The normalized spacial score (nSPS) is 11.0. The van der Waals surface area contributed by atoms with Gasteiger partial charge in [-0.05, 0) is 17.7 Å². The predicted octanol–water partition coefficient (Wildman–Crippen LogP) is 2.16. The Morgan fingerprint density at radius 1 is 1.27 bits per heavy atom. The van der Waals surface area contributed by atoms with Gasteiger partial charge < -0.3 is 4.42 Å². The van der Waals surface area contributed by atoms with Gasteiger partial charge in [0.25, 0.3) is 0 Å². The van der Waals surface area contributed by atoms with Gasteiger partial charge in [0.05, 0.1) is 12.7 Å². The summed E-state index contributed by atoms with van der Waals surface area (Å²) < 4.78 is 24.5. The third-order valence-electron chi connectivity index (χ3n) is 3.25. The maximum absolute atomic E-state index is 12.9. The Morgan fingerprint density at radius 2 is 2.05 bits per heavy atom. The largest absolute Gasteiger partial charge is 0.444 e. The van der Waals surface area contributed by atoms with Crippen LogP contribution in [0.4, 0.5) is 4.39 Å². The van der Waals surface area contributed by atoms with Gasteiger partial charge in [-0.25, -0.2) is 14.2 Å². The van der Waals surface area contributed by atoms with E-state index in [1.54, 1.807) is 18.3 Å². The summed E-state index contributed by atoms with van der Waals surface area (Å²) in [7, 11) is 0. The highest BCUT2D eigenvalue weighted by molar-refractivity contribution is 5.19. The average Bonchev–Trinajstić information content (AvgIpc) is 3.11. The molecule has 0 spiro atoms. The van der Waals surface area contributed by atoms with Crippen molar-refractivity contribution >= 4 is 0 Å². The molecule has 0 fully saturated rings. The molecule has 0 aliphatic heterocycles. The number of halogens is 1. The first-order valence-electron chi connectivity index (χ1n) is 6.89. The fraction of sp³-hybridized carbons (Fsp3) is 0.267. The molecule has 2 aromatic heterocycles. The summed E-state index contributed by atoms with van der Waals surface area (Å²) in [5, 5.41) is 3.78. The van der Waals surface area contributed by atoms with Crippen LogP contribution >= 0.6 is 0 Å². The SMILES string of the molecule is CCc1ncc(Cn2c(Cc3ccc(F)cc3)noc2=O)o1. The van der Waals surface area contributed by atoms with Crippen molar-refractivity contribution in [3.05, 3.63) is 69.9 Å². The lowest BCUT2D eigenvalue weighted by Gasteiger charge is -2.02. The molecule has 0 saturated heterocycles. The average molecular weight is 303 g/mol.